The number of nitrogens with one attached hydrogen (secondary N) is 1. The largest absolute Gasteiger partial charge is 0.359 e. The van der Waals surface area contributed by atoms with Crippen LogP contribution in [0.2, 0.25) is 5.02 Å². The van der Waals surface area contributed by atoms with Gasteiger partial charge in [-0.3, -0.25) is 0 Å². The van der Waals surface area contributed by atoms with E-state index in [0.717, 1.165) is 47.8 Å². The van der Waals surface area contributed by atoms with Gasteiger partial charge >= 0.3 is 0 Å². The summed E-state index contributed by atoms with van der Waals surface area (Å²) in [5.74, 6) is 0. The van der Waals surface area contributed by atoms with Crippen molar-refractivity contribution < 1.29 is 4.79 Å². The van der Waals surface area contributed by atoms with Crippen molar-refractivity contribution in [2.45, 2.75) is 38.1 Å². The third kappa shape index (κ3) is 1.99. The number of isocyanates is 1. The normalized spacial score (nSPS) is 17.6. The molecule has 1 fully saturated rings. The number of hydrogen-bond donors (Lipinski definition) is 1. The van der Waals surface area contributed by atoms with Crippen molar-refractivity contribution in [2.75, 3.05) is 0 Å². The molecule has 1 aliphatic carbocycles. The van der Waals surface area contributed by atoms with Gasteiger partial charge in [0.25, 0.3) is 0 Å². The summed E-state index contributed by atoms with van der Waals surface area (Å²) >= 11 is 6.41. The summed E-state index contributed by atoms with van der Waals surface area (Å²) in [6, 6.07) is 6.06. The van der Waals surface area contributed by atoms with Gasteiger partial charge in [0.15, 0.2) is 0 Å². The average molecular weight is 275 g/mol. The van der Waals surface area contributed by atoms with E-state index in [1.165, 1.54) is 0 Å². The molecule has 0 unspecified atom stereocenters. The van der Waals surface area contributed by atoms with Crippen molar-refractivity contribution in [3.05, 3.63) is 34.5 Å². The monoisotopic (exact) mass is 274 g/mol. The number of fused-ring (bicyclic) bond motifs is 1. The molecule has 19 heavy (non-hydrogen) atoms. The van der Waals surface area contributed by atoms with Gasteiger partial charge in [-0.25, -0.2) is 4.79 Å². The Kier molecular flexibility index (Phi) is 2.96. The molecule has 1 saturated carbocycles. The molecule has 2 aromatic rings. The van der Waals surface area contributed by atoms with E-state index in [4.69, 9.17) is 11.6 Å². The lowest BCUT2D eigenvalue weighted by Crippen LogP contribution is -2.19. The van der Waals surface area contributed by atoms with Crippen LogP contribution in [0, 0.1) is 6.92 Å². The SMILES string of the molecule is Cc1cc2cc(Cl)c(C3(N=C=O)CCCC3)cc2[nH]1. The van der Waals surface area contributed by atoms with E-state index in [2.05, 4.69) is 16.0 Å². The van der Waals surface area contributed by atoms with Gasteiger partial charge in [0.1, 0.15) is 0 Å². The molecule has 0 bridgehead atoms. The third-order valence-corrected chi connectivity index (χ3v) is 4.35. The summed E-state index contributed by atoms with van der Waals surface area (Å²) in [6.45, 7) is 2.02. The second-order valence-electron chi connectivity index (χ2n) is 5.31. The Bertz CT molecular complexity index is 677. The van der Waals surface area contributed by atoms with Gasteiger partial charge in [0.05, 0.1) is 5.54 Å². The number of H-pyrrole nitrogens is 1. The van der Waals surface area contributed by atoms with Gasteiger partial charge in [0.2, 0.25) is 6.08 Å². The van der Waals surface area contributed by atoms with Crippen LogP contribution in [-0.4, -0.2) is 11.1 Å². The summed E-state index contributed by atoms with van der Waals surface area (Å²) < 4.78 is 0. The molecule has 0 amide bonds. The fourth-order valence-electron chi connectivity index (χ4n) is 3.14. The number of aryl methyl sites for hydroxylation is 1. The molecule has 0 aliphatic heterocycles. The highest BCUT2D eigenvalue weighted by molar-refractivity contribution is 6.32. The molecule has 0 radical (unpaired) electrons. The van der Waals surface area contributed by atoms with Crippen LogP contribution in [0.15, 0.2) is 23.2 Å². The molecule has 4 heteroatoms. The lowest BCUT2D eigenvalue weighted by Gasteiger charge is -2.24. The van der Waals surface area contributed by atoms with Crippen LogP contribution < -0.4 is 0 Å². The molecule has 3 rings (SSSR count). The predicted octanol–water partition coefficient (Wildman–Crippen LogP) is 4.23. The Morgan fingerprint density at radius 3 is 2.74 bits per heavy atom. The van der Waals surface area contributed by atoms with E-state index in [9.17, 15) is 4.79 Å². The van der Waals surface area contributed by atoms with E-state index >= 15 is 0 Å². The molecule has 1 aliphatic rings. The van der Waals surface area contributed by atoms with Gasteiger partial charge in [-0.2, -0.15) is 4.99 Å². The number of aromatic nitrogens is 1. The Morgan fingerprint density at radius 1 is 1.32 bits per heavy atom. The first-order valence-corrected chi connectivity index (χ1v) is 6.91. The molecular formula is C15H15ClN2O. The fraction of sp³-hybridized carbons (Fsp3) is 0.400. The smallest absolute Gasteiger partial charge is 0.235 e. The molecule has 98 valence electrons. The number of aliphatic imine (C=N–C) groups is 1. The van der Waals surface area contributed by atoms with Crippen LogP contribution in [0.25, 0.3) is 10.9 Å². The van der Waals surface area contributed by atoms with Crippen molar-refractivity contribution in [3.63, 3.8) is 0 Å². The van der Waals surface area contributed by atoms with Crippen LogP contribution in [0.5, 0.6) is 0 Å². The van der Waals surface area contributed by atoms with E-state index in [1.54, 1.807) is 6.08 Å². The number of rotatable bonds is 2. The maximum atomic E-state index is 10.8. The van der Waals surface area contributed by atoms with Crippen molar-refractivity contribution in [1.29, 1.82) is 0 Å². The van der Waals surface area contributed by atoms with Gasteiger partial charge < -0.3 is 4.98 Å². The van der Waals surface area contributed by atoms with Crippen LogP contribution in [-0.2, 0) is 10.3 Å². The lowest BCUT2D eigenvalue weighted by molar-refractivity contribution is 0.456. The number of halogens is 1. The highest BCUT2D eigenvalue weighted by atomic mass is 35.5. The van der Waals surface area contributed by atoms with E-state index in [-0.39, 0.29) is 0 Å². The minimum absolute atomic E-state index is 0.466. The maximum absolute atomic E-state index is 10.8. The quantitative estimate of drug-likeness (QED) is 0.646. The zero-order chi connectivity index (χ0) is 13.5. The first kappa shape index (κ1) is 12.5. The molecule has 1 aromatic heterocycles. The van der Waals surface area contributed by atoms with Crippen LogP contribution >= 0.6 is 11.6 Å². The molecule has 1 N–H and O–H groups in total. The van der Waals surface area contributed by atoms with Crippen LogP contribution in [0.3, 0.4) is 0 Å². The first-order valence-electron chi connectivity index (χ1n) is 6.53. The highest BCUT2D eigenvalue weighted by Gasteiger charge is 2.37. The molecule has 0 atom stereocenters. The van der Waals surface area contributed by atoms with E-state index < -0.39 is 5.54 Å². The van der Waals surface area contributed by atoms with Crippen molar-refractivity contribution >= 4 is 28.6 Å². The second kappa shape index (κ2) is 4.52. The van der Waals surface area contributed by atoms with Crippen molar-refractivity contribution in [3.8, 4) is 0 Å². The molecular weight excluding hydrogens is 260 g/mol. The molecule has 0 spiro atoms. The Morgan fingerprint density at radius 2 is 2.05 bits per heavy atom. The zero-order valence-electron chi connectivity index (χ0n) is 10.8. The summed E-state index contributed by atoms with van der Waals surface area (Å²) in [6.07, 6.45) is 5.62. The maximum Gasteiger partial charge on any atom is 0.235 e. The second-order valence-corrected chi connectivity index (χ2v) is 5.72. The number of aromatic amines is 1. The topological polar surface area (TPSA) is 45.2 Å². The zero-order valence-corrected chi connectivity index (χ0v) is 11.5. The molecule has 1 aromatic carbocycles. The fourth-order valence-corrected chi connectivity index (χ4v) is 3.49. The van der Waals surface area contributed by atoms with E-state index in [0.29, 0.717) is 5.02 Å². The third-order valence-electron chi connectivity index (χ3n) is 4.03. The molecule has 3 nitrogen and oxygen atoms in total. The van der Waals surface area contributed by atoms with Gasteiger partial charge in [0, 0.05) is 27.2 Å². The first-order chi connectivity index (χ1) is 9.14. The minimum atomic E-state index is -0.466. The molecule has 1 heterocycles. The van der Waals surface area contributed by atoms with Crippen LogP contribution in [0.1, 0.15) is 36.9 Å². The van der Waals surface area contributed by atoms with E-state index in [1.807, 2.05) is 19.1 Å². The summed E-state index contributed by atoms with van der Waals surface area (Å²) in [5, 5.41) is 1.78. The minimum Gasteiger partial charge on any atom is -0.359 e. The Labute approximate surface area is 116 Å². The standard InChI is InChI=1S/C15H15ClN2O/c1-10-6-11-7-13(16)12(8-14(11)18-10)15(17-9-19)4-2-3-5-15/h6-8,18H,2-5H2,1H3. The lowest BCUT2D eigenvalue weighted by atomic mass is 9.88. The van der Waals surface area contributed by atoms with Gasteiger partial charge in [-0.05, 0) is 38.0 Å². The summed E-state index contributed by atoms with van der Waals surface area (Å²) in [4.78, 5) is 18.2. The average Bonchev–Trinajstić information content (AvgIpc) is 2.95. The number of carbonyl (C=O) groups excluding carboxylic acids is 1. The van der Waals surface area contributed by atoms with Crippen molar-refractivity contribution in [1.82, 2.24) is 4.98 Å². The van der Waals surface area contributed by atoms with Crippen molar-refractivity contribution in [2.24, 2.45) is 4.99 Å². The van der Waals surface area contributed by atoms with Crippen LogP contribution in [0.4, 0.5) is 0 Å². The van der Waals surface area contributed by atoms with Gasteiger partial charge in [-0.1, -0.05) is 24.4 Å². The Hall–Kier alpha value is -1.57. The highest BCUT2D eigenvalue weighted by Crippen LogP contribution is 2.45. The molecule has 0 saturated heterocycles. The summed E-state index contributed by atoms with van der Waals surface area (Å²) in [5.41, 5.74) is 2.63. The number of benzene rings is 1. The number of nitrogens with zero attached hydrogens (tertiary/aromatic N) is 1. The van der Waals surface area contributed by atoms with Gasteiger partial charge in [-0.15, -0.1) is 0 Å². The summed E-state index contributed by atoms with van der Waals surface area (Å²) in [7, 11) is 0. The Balaban J connectivity index is 2.22. The predicted molar refractivity (Wildman–Crippen MR) is 76.3 cm³/mol. The number of hydrogen-bond acceptors (Lipinski definition) is 2.